The van der Waals surface area contributed by atoms with Crippen LogP contribution < -0.4 is 0 Å². The van der Waals surface area contributed by atoms with Gasteiger partial charge in [0.15, 0.2) is 11.0 Å². The fourth-order valence-corrected chi connectivity index (χ4v) is 2.09. The van der Waals surface area contributed by atoms with E-state index in [4.69, 9.17) is 23.2 Å². The summed E-state index contributed by atoms with van der Waals surface area (Å²) in [4.78, 5) is 17.1. The number of hydrogen-bond acceptors (Lipinski definition) is 2. The van der Waals surface area contributed by atoms with Crippen LogP contribution in [0.2, 0.25) is 10.3 Å². The van der Waals surface area contributed by atoms with Crippen molar-refractivity contribution < 1.29 is 9.18 Å². The van der Waals surface area contributed by atoms with Crippen LogP contribution in [0.3, 0.4) is 0 Å². The van der Waals surface area contributed by atoms with Crippen molar-refractivity contribution >= 4 is 29.1 Å². The van der Waals surface area contributed by atoms with E-state index in [1.807, 2.05) is 0 Å². The minimum absolute atomic E-state index is 0.0525. The summed E-state index contributed by atoms with van der Waals surface area (Å²) in [5.41, 5.74) is 0.0745. The van der Waals surface area contributed by atoms with Gasteiger partial charge >= 0.3 is 0 Å². The molecule has 16 heavy (non-hydrogen) atoms. The molecule has 2 heterocycles. The van der Waals surface area contributed by atoms with Crippen molar-refractivity contribution in [3.05, 3.63) is 27.8 Å². The SMILES string of the molecule is O=C(c1cc(F)c(Cl)nc1Cl)N1CCCC1. The van der Waals surface area contributed by atoms with Gasteiger partial charge in [-0.05, 0) is 18.9 Å². The first-order chi connectivity index (χ1) is 7.59. The molecule has 1 saturated heterocycles. The lowest BCUT2D eigenvalue weighted by Crippen LogP contribution is -2.28. The van der Waals surface area contributed by atoms with E-state index in [-0.39, 0.29) is 21.8 Å². The van der Waals surface area contributed by atoms with Gasteiger partial charge in [-0.2, -0.15) is 0 Å². The second-order valence-electron chi connectivity index (χ2n) is 3.60. The molecule has 2 rings (SSSR count). The molecule has 3 nitrogen and oxygen atoms in total. The number of rotatable bonds is 1. The summed E-state index contributed by atoms with van der Waals surface area (Å²) in [6, 6.07) is 1.04. The summed E-state index contributed by atoms with van der Waals surface area (Å²) in [6.07, 6.45) is 1.93. The number of carbonyl (C=O) groups excluding carboxylic acids is 1. The topological polar surface area (TPSA) is 33.2 Å². The predicted octanol–water partition coefficient (Wildman–Crippen LogP) is 2.76. The number of hydrogen-bond donors (Lipinski definition) is 0. The zero-order valence-corrected chi connectivity index (χ0v) is 9.85. The van der Waals surface area contributed by atoms with Gasteiger partial charge in [-0.15, -0.1) is 0 Å². The first kappa shape index (κ1) is 11.6. The third-order valence-electron chi connectivity index (χ3n) is 2.51. The van der Waals surface area contributed by atoms with Crippen molar-refractivity contribution in [3.8, 4) is 0 Å². The van der Waals surface area contributed by atoms with E-state index in [9.17, 15) is 9.18 Å². The van der Waals surface area contributed by atoms with E-state index < -0.39 is 5.82 Å². The van der Waals surface area contributed by atoms with Crippen LogP contribution in [-0.4, -0.2) is 28.9 Å². The van der Waals surface area contributed by atoms with E-state index in [0.29, 0.717) is 13.1 Å². The summed E-state index contributed by atoms with van der Waals surface area (Å²) in [7, 11) is 0. The quantitative estimate of drug-likeness (QED) is 0.730. The molecule has 6 heteroatoms. The van der Waals surface area contributed by atoms with Crippen molar-refractivity contribution in [2.24, 2.45) is 0 Å². The molecule has 0 N–H and O–H groups in total. The molecular formula is C10H9Cl2FN2O. The molecule has 0 spiro atoms. The van der Waals surface area contributed by atoms with Crippen LogP contribution in [0, 0.1) is 5.82 Å². The van der Waals surface area contributed by atoms with E-state index >= 15 is 0 Å². The Bertz CT molecular complexity index is 433. The molecule has 86 valence electrons. The van der Waals surface area contributed by atoms with Crippen LogP contribution in [-0.2, 0) is 0 Å². The first-order valence-electron chi connectivity index (χ1n) is 4.90. The van der Waals surface area contributed by atoms with E-state index in [1.165, 1.54) is 0 Å². The molecular weight excluding hydrogens is 254 g/mol. The molecule has 0 aromatic carbocycles. The Kier molecular flexibility index (Phi) is 3.30. The van der Waals surface area contributed by atoms with Gasteiger partial charge in [-0.1, -0.05) is 23.2 Å². The molecule has 1 aromatic heterocycles. The third-order valence-corrected chi connectivity index (χ3v) is 3.06. The molecule has 0 radical (unpaired) electrons. The Hall–Kier alpha value is -0.870. The lowest BCUT2D eigenvalue weighted by atomic mass is 10.2. The Balaban J connectivity index is 2.32. The summed E-state index contributed by atoms with van der Waals surface area (Å²) < 4.78 is 13.2. The van der Waals surface area contributed by atoms with Gasteiger partial charge in [0.2, 0.25) is 0 Å². The number of carbonyl (C=O) groups is 1. The second-order valence-corrected chi connectivity index (χ2v) is 4.31. The van der Waals surface area contributed by atoms with Crippen molar-refractivity contribution in [3.63, 3.8) is 0 Å². The van der Waals surface area contributed by atoms with Crippen LogP contribution in [0.5, 0.6) is 0 Å². The second kappa shape index (κ2) is 4.55. The highest BCUT2D eigenvalue weighted by Crippen LogP contribution is 2.23. The molecule has 1 aliphatic rings. The minimum Gasteiger partial charge on any atom is -0.339 e. The zero-order chi connectivity index (χ0) is 11.7. The molecule has 1 aromatic rings. The van der Waals surface area contributed by atoms with Crippen molar-refractivity contribution in [2.75, 3.05) is 13.1 Å². The highest BCUT2D eigenvalue weighted by molar-refractivity contribution is 6.34. The van der Waals surface area contributed by atoms with Crippen molar-refractivity contribution in [1.82, 2.24) is 9.88 Å². The average Bonchev–Trinajstić information content (AvgIpc) is 2.75. The third kappa shape index (κ3) is 2.13. The van der Waals surface area contributed by atoms with Gasteiger partial charge in [0.05, 0.1) is 5.56 Å². The van der Waals surface area contributed by atoms with Crippen LogP contribution in [0.15, 0.2) is 6.07 Å². The summed E-state index contributed by atoms with van der Waals surface area (Å²) in [6.45, 7) is 1.36. The van der Waals surface area contributed by atoms with Crippen LogP contribution in [0.1, 0.15) is 23.2 Å². The molecule has 0 unspecified atom stereocenters. The van der Waals surface area contributed by atoms with E-state index in [1.54, 1.807) is 4.90 Å². The van der Waals surface area contributed by atoms with Gasteiger partial charge in [0, 0.05) is 13.1 Å². The molecule has 1 aliphatic heterocycles. The van der Waals surface area contributed by atoms with Gasteiger partial charge in [0.1, 0.15) is 5.15 Å². The average molecular weight is 263 g/mol. The predicted molar refractivity (Wildman–Crippen MR) is 59.4 cm³/mol. The molecule has 0 aliphatic carbocycles. The van der Waals surface area contributed by atoms with Crippen LogP contribution in [0.4, 0.5) is 4.39 Å². The van der Waals surface area contributed by atoms with Crippen LogP contribution >= 0.6 is 23.2 Å². The number of likely N-dealkylation sites (tertiary alicyclic amines) is 1. The number of halogens is 3. The van der Waals surface area contributed by atoms with Crippen LogP contribution in [0.25, 0.3) is 0 Å². The Morgan fingerprint density at radius 2 is 1.94 bits per heavy atom. The maximum absolute atomic E-state index is 13.2. The van der Waals surface area contributed by atoms with E-state index in [0.717, 1.165) is 18.9 Å². The monoisotopic (exact) mass is 262 g/mol. The number of amides is 1. The fraction of sp³-hybridized carbons (Fsp3) is 0.400. The highest BCUT2D eigenvalue weighted by Gasteiger charge is 2.23. The van der Waals surface area contributed by atoms with E-state index in [2.05, 4.69) is 4.98 Å². The Morgan fingerprint density at radius 1 is 1.31 bits per heavy atom. The standard InChI is InChI=1S/C10H9Cl2FN2O/c11-8-6(5-7(13)9(12)14-8)10(16)15-3-1-2-4-15/h5H,1-4H2. The lowest BCUT2D eigenvalue weighted by Gasteiger charge is -2.15. The number of pyridine rings is 1. The molecule has 0 saturated carbocycles. The summed E-state index contributed by atoms with van der Waals surface area (Å²) >= 11 is 11.2. The molecule has 0 bridgehead atoms. The summed E-state index contributed by atoms with van der Waals surface area (Å²) in [5.74, 6) is -1.01. The maximum atomic E-state index is 13.2. The van der Waals surface area contributed by atoms with Crippen molar-refractivity contribution in [2.45, 2.75) is 12.8 Å². The zero-order valence-electron chi connectivity index (χ0n) is 8.34. The number of aromatic nitrogens is 1. The Morgan fingerprint density at radius 3 is 2.56 bits per heavy atom. The van der Waals surface area contributed by atoms with Gasteiger partial charge < -0.3 is 4.90 Å². The highest BCUT2D eigenvalue weighted by atomic mass is 35.5. The normalized spacial score (nSPS) is 15.6. The maximum Gasteiger partial charge on any atom is 0.257 e. The van der Waals surface area contributed by atoms with Gasteiger partial charge in [-0.25, -0.2) is 9.37 Å². The fourth-order valence-electron chi connectivity index (χ4n) is 1.69. The van der Waals surface area contributed by atoms with Crippen molar-refractivity contribution in [1.29, 1.82) is 0 Å². The number of nitrogens with zero attached hydrogens (tertiary/aromatic N) is 2. The van der Waals surface area contributed by atoms with Gasteiger partial charge in [0.25, 0.3) is 5.91 Å². The first-order valence-corrected chi connectivity index (χ1v) is 5.66. The largest absolute Gasteiger partial charge is 0.339 e. The Labute approximate surface area is 102 Å². The molecule has 1 amide bonds. The molecule has 0 atom stereocenters. The summed E-state index contributed by atoms with van der Waals surface area (Å²) in [5, 5.41) is -0.369. The van der Waals surface area contributed by atoms with Gasteiger partial charge in [-0.3, -0.25) is 4.79 Å². The molecule has 1 fully saturated rings. The smallest absolute Gasteiger partial charge is 0.257 e. The minimum atomic E-state index is -0.728. The lowest BCUT2D eigenvalue weighted by molar-refractivity contribution is 0.0792.